The van der Waals surface area contributed by atoms with Gasteiger partial charge in [-0.25, -0.2) is 0 Å². The van der Waals surface area contributed by atoms with Gasteiger partial charge in [-0.15, -0.1) is 0 Å². The van der Waals surface area contributed by atoms with Crippen molar-refractivity contribution in [2.75, 3.05) is 13.2 Å². The van der Waals surface area contributed by atoms with E-state index in [1.54, 1.807) is 0 Å². The van der Waals surface area contributed by atoms with Crippen LogP contribution in [0, 0.1) is 0 Å². The van der Waals surface area contributed by atoms with Crippen molar-refractivity contribution in [3.05, 3.63) is 0 Å². The molecule has 0 bridgehead atoms. The maximum Gasteiger partial charge on any atom is 0.326 e. The minimum absolute atomic E-state index is 0.105. The summed E-state index contributed by atoms with van der Waals surface area (Å²) < 4.78 is 11.2. The van der Waals surface area contributed by atoms with Crippen LogP contribution in [-0.2, 0) is 14.3 Å². The predicted molar refractivity (Wildman–Crippen MR) is 69.4 cm³/mol. The van der Waals surface area contributed by atoms with Gasteiger partial charge in [-0.05, 0) is 45.6 Å². The number of likely N-dealkylation sites (N-methyl/N-ethyl adjacent to an activating group) is 1. The van der Waals surface area contributed by atoms with Crippen molar-refractivity contribution < 1.29 is 14.3 Å². The molecular weight excluding hydrogens is 230 g/mol. The van der Waals surface area contributed by atoms with Gasteiger partial charge in [-0.1, -0.05) is 6.92 Å². The first-order valence-corrected chi connectivity index (χ1v) is 7.28. The van der Waals surface area contributed by atoms with Gasteiger partial charge in [0.1, 0.15) is 5.54 Å². The molecule has 4 heteroatoms. The van der Waals surface area contributed by atoms with E-state index in [1.165, 1.54) is 19.3 Å². The molecule has 0 aromatic rings. The normalized spacial score (nSPS) is 32.2. The smallest absolute Gasteiger partial charge is 0.326 e. The highest BCUT2D eigenvalue weighted by Crippen LogP contribution is 2.36. The van der Waals surface area contributed by atoms with Gasteiger partial charge in [0.2, 0.25) is 0 Å². The molecule has 2 saturated carbocycles. The molecule has 2 rings (SSSR count). The molecule has 4 nitrogen and oxygen atoms in total. The van der Waals surface area contributed by atoms with Crippen LogP contribution in [0.2, 0.25) is 0 Å². The topological polar surface area (TPSA) is 47.6 Å². The predicted octanol–water partition coefficient (Wildman–Crippen LogP) is 2.02. The van der Waals surface area contributed by atoms with Gasteiger partial charge in [0, 0.05) is 6.42 Å². The first-order chi connectivity index (χ1) is 8.70. The highest BCUT2D eigenvalue weighted by Gasteiger charge is 2.47. The first kappa shape index (κ1) is 13.8. The van der Waals surface area contributed by atoms with Gasteiger partial charge >= 0.3 is 5.97 Å². The van der Waals surface area contributed by atoms with E-state index < -0.39 is 5.54 Å². The Hall–Kier alpha value is -0.610. The summed E-state index contributed by atoms with van der Waals surface area (Å²) >= 11 is 0. The molecule has 0 amide bonds. The molecule has 2 atom stereocenters. The van der Waals surface area contributed by atoms with E-state index in [2.05, 4.69) is 5.32 Å². The molecule has 1 N–H and O–H groups in total. The summed E-state index contributed by atoms with van der Waals surface area (Å²) in [6, 6.07) is 0. The number of carbonyl (C=O) groups excluding carboxylic acids is 1. The minimum atomic E-state index is -0.501. The Morgan fingerprint density at radius 3 is 2.61 bits per heavy atom. The van der Waals surface area contributed by atoms with Crippen LogP contribution in [0.3, 0.4) is 0 Å². The van der Waals surface area contributed by atoms with Gasteiger partial charge in [0.05, 0.1) is 18.8 Å². The third-order valence-corrected chi connectivity index (χ3v) is 4.09. The van der Waals surface area contributed by atoms with E-state index in [0.29, 0.717) is 12.7 Å². The van der Waals surface area contributed by atoms with Crippen molar-refractivity contribution in [2.24, 2.45) is 0 Å². The monoisotopic (exact) mass is 255 g/mol. The summed E-state index contributed by atoms with van der Waals surface area (Å²) in [5.41, 5.74) is -0.501. The zero-order valence-electron chi connectivity index (χ0n) is 11.5. The van der Waals surface area contributed by atoms with Crippen molar-refractivity contribution in [3.63, 3.8) is 0 Å². The summed E-state index contributed by atoms with van der Waals surface area (Å²) in [7, 11) is 0. The Labute approximate surface area is 109 Å². The van der Waals surface area contributed by atoms with Crippen molar-refractivity contribution in [3.8, 4) is 0 Å². The van der Waals surface area contributed by atoms with Crippen LogP contribution in [0.5, 0.6) is 0 Å². The zero-order valence-corrected chi connectivity index (χ0v) is 11.5. The number of ether oxygens (including phenoxy) is 2. The van der Waals surface area contributed by atoms with Gasteiger partial charge in [-0.3, -0.25) is 4.79 Å². The molecule has 104 valence electrons. The molecule has 0 saturated heterocycles. The quantitative estimate of drug-likeness (QED) is 0.738. The molecule has 2 aliphatic carbocycles. The SMILES string of the molecule is CCNC1(C(=O)OCC)CCC(OC2CCC2)C1. The molecule has 0 heterocycles. The van der Waals surface area contributed by atoms with Crippen LogP contribution < -0.4 is 5.32 Å². The number of rotatable bonds is 6. The highest BCUT2D eigenvalue weighted by atomic mass is 16.5. The number of hydrogen-bond acceptors (Lipinski definition) is 4. The van der Waals surface area contributed by atoms with Gasteiger partial charge in [0.25, 0.3) is 0 Å². The van der Waals surface area contributed by atoms with Crippen LogP contribution in [0.1, 0.15) is 52.4 Å². The minimum Gasteiger partial charge on any atom is -0.465 e. The largest absolute Gasteiger partial charge is 0.465 e. The third kappa shape index (κ3) is 2.86. The fraction of sp³-hybridized carbons (Fsp3) is 0.929. The van der Waals surface area contributed by atoms with Crippen LogP contribution in [0.25, 0.3) is 0 Å². The van der Waals surface area contributed by atoms with Crippen LogP contribution in [0.4, 0.5) is 0 Å². The van der Waals surface area contributed by atoms with Crippen molar-refractivity contribution >= 4 is 5.97 Å². The number of nitrogens with one attached hydrogen (secondary N) is 1. The average molecular weight is 255 g/mol. The maximum absolute atomic E-state index is 12.1. The molecule has 2 unspecified atom stereocenters. The van der Waals surface area contributed by atoms with Crippen LogP contribution in [0.15, 0.2) is 0 Å². The van der Waals surface area contributed by atoms with Crippen molar-refractivity contribution in [2.45, 2.75) is 70.1 Å². The van der Waals surface area contributed by atoms with Crippen LogP contribution >= 0.6 is 0 Å². The summed E-state index contributed by atoms with van der Waals surface area (Å²) in [5, 5.41) is 3.33. The summed E-state index contributed by atoms with van der Waals surface area (Å²) in [6.07, 6.45) is 6.87. The van der Waals surface area contributed by atoms with E-state index in [4.69, 9.17) is 9.47 Å². The summed E-state index contributed by atoms with van der Waals surface area (Å²) in [5.74, 6) is -0.105. The lowest BCUT2D eigenvalue weighted by Crippen LogP contribution is -2.51. The number of hydrogen-bond donors (Lipinski definition) is 1. The fourth-order valence-electron chi connectivity index (χ4n) is 2.92. The third-order valence-electron chi connectivity index (χ3n) is 4.09. The molecule has 2 fully saturated rings. The molecular formula is C14H25NO3. The molecule has 0 spiro atoms. The Morgan fingerprint density at radius 1 is 1.28 bits per heavy atom. The Morgan fingerprint density at radius 2 is 2.06 bits per heavy atom. The zero-order chi connectivity index (χ0) is 13.0. The second-order valence-electron chi connectivity index (χ2n) is 5.39. The van der Waals surface area contributed by atoms with E-state index in [0.717, 1.165) is 25.8 Å². The lowest BCUT2D eigenvalue weighted by Gasteiger charge is -2.31. The van der Waals surface area contributed by atoms with Crippen molar-refractivity contribution in [1.82, 2.24) is 5.32 Å². The Kier molecular flexibility index (Phi) is 4.62. The van der Waals surface area contributed by atoms with E-state index in [1.807, 2.05) is 13.8 Å². The molecule has 0 radical (unpaired) electrons. The van der Waals surface area contributed by atoms with Gasteiger partial charge in [0.15, 0.2) is 0 Å². The maximum atomic E-state index is 12.1. The standard InChI is InChI=1S/C14H25NO3/c1-3-15-14(13(16)17-4-2)9-8-12(10-14)18-11-6-5-7-11/h11-12,15H,3-10H2,1-2H3. The second-order valence-corrected chi connectivity index (χ2v) is 5.39. The molecule has 18 heavy (non-hydrogen) atoms. The highest BCUT2D eigenvalue weighted by molar-refractivity contribution is 5.81. The fourth-order valence-corrected chi connectivity index (χ4v) is 2.92. The molecule has 0 aliphatic heterocycles. The van der Waals surface area contributed by atoms with Gasteiger partial charge in [-0.2, -0.15) is 0 Å². The number of esters is 1. The van der Waals surface area contributed by atoms with Crippen LogP contribution in [-0.4, -0.2) is 36.9 Å². The molecule has 2 aliphatic rings. The Bertz CT molecular complexity index is 291. The Balaban J connectivity index is 1.92. The van der Waals surface area contributed by atoms with E-state index in [9.17, 15) is 4.79 Å². The molecule has 0 aromatic heterocycles. The summed E-state index contributed by atoms with van der Waals surface area (Å²) in [6.45, 7) is 5.12. The lowest BCUT2D eigenvalue weighted by atomic mass is 9.95. The van der Waals surface area contributed by atoms with E-state index in [-0.39, 0.29) is 12.1 Å². The average Bonchev–Trinajstić information content (AvgIpc) is 2.69. The first-order valence-electron chi connectivity index (χ1n) is 7.28. The summed E-state index contributed by atoms with van der Waals surface area (Å²) in [4.78, 5) is 12.1. The van der Waals surface area contributed by atoms with E-state index >= 15 is 0 Å². The second kappa shape index (κ2) is 6.02. The van der Waals surface area contributed by atoms with Crippen molar-refractivity contribution in [1.29, 1.82) is 0 Å². The molecule has 0 aromatic carbocycles. The lowest BCUT2D eigenvalue weighted by molar-refractivity contribution is -0.151. The number of carbonyl (C=O) groups is 1. The van der Waals surface area contributed by atoms with Gasteiger partial charge < -0.3 is 14.8 Å².